The number of carboxylic acid groups (broad SMARTS) is 1. The Hall–Kier alpha value is -2.27. The number of nitrogens with one attached hydrogen (secondary N) is 3. The van der Waals surface area contributed by atoms with Crippen molar-refractivity contribution in [1.82, 2.24) is 15.4 Å². The number of amides is 1. The fourth-order valence-electron chi connectivity index (χ4n) is 3.40. The van der Waals surface area contributed by atoms with E-state index in [-0.39, 0.29) is 30.5 Å². The van der Waals surface area contributed by atoms with Crippen molar-refractivity contribution in [3.8, 4) is 0 Å². The summed E-state index contributed by atoms with van der Waals surface area (Å²) >= 11 is 2.26. The number of benzene rings is 2. The van der Waals surface area contributed by atoms with Crippen LogP contribution >= 0.6 is 22.6 Å². The Labute approximate surface area is 246 Å². The number of hydrogen-bond acceptors (Lipinski definition) is 6. The molecule has 0 saturated carbocycles. The first kappa shape index (κ1) is 35.8. The maximum atomic E-state index is 12.5. The maximum Gasteiger partial charge on any atom is 0.490 e. The average Bonchev–Trinajstić information content (AvgIpc) is 2.83. The third kappa shape index (κ3) is 16.1. The molecule has 2 aromatic carbocycles. The highest BCUT2D eigenvalue weighted by Crippen LogP contribution is 2.13. The van der Waals surface area contributed by atoms with Crippen LogP contribution < -0.4 is 15.4 Å². The van der Waals surface area contributed by atoms with Gasteiger partial charge >= 0.3 is 12.1 Å². The van der Waals surface area contributed by atoms with E-state index in [0.717, 1.165) is 14.7 Å². The van der Waals surface area contributed by atoms with Crippen LogP contribution in [0.15, 0.2) is 54.6 Å². The number of aliphatic carboxylic acids is 1. The molecule has 224 valence electrons. The Kier molecular flexibility index (Phi) is 15.7. The van der Waals surface area contributed by atoms with Gasteiger partial charge in [-0.15, -0.1) is 0 Å². The van der Waals surface area contributed by atoms with Crippen LogP contribution in [0, 0.1) is 9.49 Å². The molecule has 2 atom stereocenters. The van der Waals surface area contributed by atoms with Gasteiger partial charge in [-0.2, -0.15) is 13.2 Å². The lowest BCUT2D eigenvalue weighted by Gasteiger charge is -2.25. The molecule has 0 spiro atoms. The first-order valence-electron chi connectivity index (χ1n) is 12.3. The van der Waals surface area contributed by atoms with Crippen molar-refractivity contribution in [3.05, 3.63) is 69.3 Å². The molecule has 14 heteroatoms. The third-order valence-electron chi connectivity index (χ3n) is 5.15. The Morgan fingerprint density at radius 3 is 2.17 bits per heavy atom. The van der Waals surface area contributed by atoms with Crippen LogP contribution in [-0.4, -0.2) is 67.7 Å². The molecular formula is C26H35F3IN3O6S. The highest BCUT2D eigenvalue weighted by molar-refractivity contribution is 14.1. The van der Waals surface area contributed by atoms with Crippen molar-refractivity contribution in [2.45, 2.75) is 51.6 Å². The van der Waals surface area contributed by atoms with Crippen LogP contribution in [0.3, 0.4) is 0 Å². The summed E-state index contributed by atoms with van der Waals surface area (Å²) in [6.45, 7) is 4.60. The normalized spacial score (nSPS) is 13.2. The van der Waals surface area contributed by atoms with Crippen molar-refractivity contribution in [1.29, 1.82) is 0 Å². The van der Waals surface area contributed by atoms with E-state index < -0.39 is 34.3 Å². The third-order valence-corrected chi connectivity index (χ3v) is 7.57. The van der Waals surface area contributed by atoms with Gasteiger partial charge in [-0.1, -0.05) is 56.3 Å². The van der Waals surface area contributed by atoms with Crippen molar-refractivity contribution in [2.24, 2.45) is 5.92 Å². The van der Waals surface area contributed by atoms with Crippen molar-refractivity contribution < 1.29 is 41.4 Å². The largest absolute Gasteiger partial charge is 0.490 e. The number of hydrogen-bond donors (Lipinski definition) is 5. The molecule has 0 aliphatic rings. The molecule has 5 N–H and O–H groups in total. The monoisotopic (exact) mass is 701 g/mol. The van der Waals surface area contributed by atoms with Gasteiger partial charge in [-0.3, -0.25) is 4.79 Å². The van der Waals surface area contributed by atoms with Crippen LogP contribution in [-0.2, 0) is 32.6 Å². The maximum absolute atomic E-state index is 12.5. The van der Waals surface area contributed by atoms with E-state index in [4.69, 9.17) is 9.90 Å². The van der Waals surface area contributed by atoms with Gasteiger partial charge in [-0.25, -0.2) is 17.9 Å². The second-order valence-electron chi connectivity index (χ2n) is 9.31. The zero-order valence-corrected chi connectivity index (χ0v) is 25.1. The van der Waals surface area contributed by atoms with Gasteiger partial charge in [0.1, 0.15) is 0 Å². The number of halogens is 4. The van der Waals surface area contributed by atoms with Gasteiger partial charge < -0.3 is 20.8 Å². The molecule has 1 amide bonds. The second kappa shape index (κ2) is 17.5. The number of carbonyl (C=O) groups excluding carboxylic acids is 1. The van der Waals surface area contributed by atoms with Crippen LogP contribution in [0.2, 0.25) is 0 Å². The smallest absolute Gasteiger partial charge is 0.475 e. The summed E-state index contributed by atoms with van der Waals surface area (Å²) in [5.41, 5.74) is 2.11. The first-order chi connectivity index (χ1) is 18.6. The molecule has 40 heavy (non-hydrogen) atoms. The summed E-state index contributed by atoms with van der Waals surface area (Å²) < 4.78 is 59.3. The Balaban J connectivity index is 0.00000101. The number of aliphatic hydroxyl groups is 1. The molecule has 0 unspecified atom stereocenters. The molecule has 9 nitrogen and oxygen atoms in total. The Morgan fingerprint density at radius 2 is 1.62 bits per heavy atom. The van der Waals surface area contributed by atoms with E-state index in [1.54, 1.807) is 0 Å². The lowest BCUT2D eigenvalue weighted by molar-refractivity contribution is -0.192. The fourth-order valence-corrected chi connectivity index (χ4v) is 5.42. The first-order valence-corrected chi connectivity index (χ1v) is 15.1. The minimum absolute atomic E-state index is 0.00517. The van der Waals surface area contributed by atoms with E-state index in [1.807, 2.05) is 62.4 Å². The number of alkyl halides is 3. The molecule has 2 aromatic rings. The second-order valence-corrected chi connectivity index (χ2v) is 12.4. The number of carboxylic acids is 1. The average molecular weight is 702 g/mol. The predicted molar refractivity (Wildman–Crippen MR) is 154 cm³/mol. The highest BCUT2D eigenvalue weighted by Gasteiger charge is 2.38. The molecule has 0 heterocycles. The zero-order chi connectivity index (χ0) is 30.3. The lowest BCUT2D eigenvalue weighted by Crippen LogP contribution is -2.49. The number of sulfonamides is 1. The van der Waals surface area contributed by atoms with Crippen LogP contribution in [0.4, 0.5) is 13.2 Å². The SMILES string of the molecule is CC(C)CS(=O)(=O)NCCC(=O)N[C@@H](Cc1ccccc1)[C@H](O)CNCc1cccc(I)c1.O=C(O)C(F)(F)F. The zero-order valence-electron chi connectivity index (χ0n) is 22.1. The number of rotatable bonds is 14. The van der Waals surface area contributed by atoms with E-state index in [0.29, 0.717) is 19.5 Å². The van der Waals surface area contributed by atoms with Crippen LogP contribution in [0.1, 0.15) is 31.4 Å². The minimum atomic E-state index is -5.08. The van der Waals surface area contributed by atoms with E-state index in [9.17, 15) is 31.5 Å². The lowest BCUT2D eigenvalue weighted by atomic mass is 10.0. The molecule has 2 rings (SSSR count). The fraction of sp³-hybridized carbons (Fsp3) is 0.462. The van der Waals surface area contributed by atoms with Gasteiger partial charge in [0, 0.05) is 29.6 Å². The van der Waals surface area contributed by atoms with Gasteiger partial charge in [0.25, 0.3) is 0 Å². The molecule has 0 aliphatic carbocycles. The van der Waals surface area contributed by atoms with Crippen molar-refractivity contribution >= 4 is 44.5 Å². The summed E-state index contributed by atoms with van der Waals surface area (Å²) in [5.74, 6) is -3.03. The number of carbonyl (C=O) groups is 2. The van der Waals surface area contributed by atoms with Crippen molar-refractivity contribution in [2.75, 3.05) is 18.8 Å². The summed E-state index contributed by atoms with van der Waals surface area (Å²) in [5, 5.41) is 24.1. The van der Waals surface area contributed by atoms with Crippen LogP contribution in [0.5, 0.6) is 0 Å². The quantitative estimate of drug-likeness (QED) is 0.191. The summed E-state index contributed by atoms with van der Waals surface area (Å²) in [4.78, 5) is 21.4. The Bertz CT molecular complexity index is 1170. The van der Waals surface area contributed by atoms with Gasteiger partial charge in [-0.05, 0) is 58.2 Å². The Morgan fingerprint density at radius 1 is 1.02 bits per heavy atom. The van der Waals surface area contributed by atoms with E-state index in [1.165, 1.54) is 0 Å². The summed E-state index contributed by atoms with van der Waals surface area (Å²) in [6, 6.07) is 17.2. The van der Waals surface area contributed by atoms with Gasteiger partial charge in [0.15, 0.2) is 0 Å². The highest BCUT2D eigenvalue weighted by atomic mass is 127. The van der Waals surface area contributed by atoms with E-state index >= 15 is 0 Å². The summed E-state index contributed by atoms with van der Waals surface area (Å²) in [7, 11) is -3.40. The molecule has 0 aliphatic heterocycles. The van der Waals surface area contributed by atoms with Gasteiger partial charge in [0.2, 0.25) is 15.9 Å². The summed E-state index contributed by atoms with van der Waals surface area (Å²) in [6.07, 6.45) is -5.42. The van der Waals surface area contributed by atoms with E-state index in [2.05, 4.69) is 44.0 Å². The molecule has 0 aromatic heterocycles. The standard InChI is InChI=1S/C24H34IN3O4S.C2HF3O2/c1-18(2)17-33(31,32)27-12-11-24(30)28-22(14-19-7-4-3-5-8-19)23(29)16-26-15-20-9-6-10-21(25)13-20;3-2(4,5)1(6)7/h3-10,13,18,22-23,26-27,29H,11-12,14-17H2,1-2H3,(H,28,30);(H,6,7)/t22-,23+;/m0./s1. The molecule has 0 fully saturated rings. The topological polar surface area (TPSA) is 145 Å². The molecule has 0 saturated heterocycles. The van der Waals surface area contributed by atoms with Crippen molar-refractivity contribution in [3.63, 3.8) is 0 Å². The molecular weight excluding hydrogens is 666 g/mol. The minimum Gasteiger partial charge on any atom is -0.475 e. The van der Waals surface area contributed by atoms with Gasteiger partial charge in [0.05, 0.1) is 17.9 Å². The number of aliphatic hydroxyl groups excluding tert-OH is 1. The van der Waals surface area contributed by atoms with Crippen LogP contribution in [0.25, 0.3) is 0 Å². The molecule has 0 radical (unpaired) electrons. The molecule has 0 bridgehead atoms. The predicted octanol–water partition coefficient (Wildman–Crippen LogP) is 3.07.